The number of carboxylic acids is 1. The molecule has 0 fully saturated rings. The summed E-state index contributed by atoms with van der Waals surface area (Å²) >= 11 is 0. The molecule has 0 spiro atoms. The average Bonchev–Trinajstić information content (AvgIpc) is 2.20. The Morgan fingerprint density at radius 2 is 1.60 bits per heavy atom. The third-order valence-corrected chi connectivity index (χ3v) is 1.79. The number of nitrogens with two attached hydrogens (primary N) is 1. The van der Waals surface area contributed by atoms with Gasteiger partial charge in [-0.1, -0.05) is 0 Å². The fourth-order valence-corrected chi connectivity index (χ4v) is 0.996. The minimum atomic E-state index is -0.781. The van der Waals surface area contributed by atoms with Crippen LogP contribution in [0.15, 0.2) is 0 Å². The second kappa shape index (κ2) is 11.4. The van der Waals surface area contributed by atoms with Gasteiger partial charge in [0.2, 0.25) is 0 Å². The van der Waals surface area contributed by atoms with Crippen molar-refractivity contribution in [1.82, 2.24) is 0 Å². The van der Waals surface area contributed by atoms with Crippen LogP contribution in [0.1, 0.15) is 25.7 Å². The zero-order chi connectivity index (χ0) is 11.4. The molecular weight excluding hydrogens is 198 g/mol. The number of ether oxygens (including phenoxy) is 2. The summed E-state index contributed by atoms with van der Waals surface area (Å²) in [4.78, 5) is 10.1. The van der Waals surface area contributed by atoms with Gasteiger partial charge >= 0.3 is 5.97 Å². The Hall–Kier alpha value is -0.650. The lowest BCUT2D eigenvalue weighted by molar-refractivity contribution is -0.137. The number of hydrogen-bond acceptors (Lipinski definition) is 4. The third kappa shape index (κ3) is 13.3. The first-order valence-corrected chi connectivity index (χ1v) is 5.34. The topological polar surface area (TPSA) is 81.8 Å². The Kier molecular flexibility index (Phi) is 10.9. The van der Waals surface area contributed by atoms with Crippen LogP contribution in [0.5, 0.6) is 0 Å². The molecule has 0 saturated heterocycles. The number of aliphatic carboxylic acids is 1. The molecule has 0 aromatic heterocycles. The maximum atomic E-state index is 10.1. The van der Waals surface area contributed by atoms with E-state index in [4.69, 9.17) is 20.3 Å². The first kappa shape index (κ1) is 14.3. The maximum absolute atomic E-state index is 10.1. The first-order valence-electron chi connectivity index (χ1n) is 5.34. The van der Waals surface area contributed by atoms with E-state index in [-0.39, 0.29) is 6.42 Å². The standard InChI is InChI=1S/C10H21NO4/c11-5-1-2-6-14-8-9-15-7-3-4-10(12)13/h1-9,11H2,(H,12,13). The highest BCUT2D eigenvalue weighted by Crippen LogP contribution is 1.91. The summed E-state index contributed by atoms with van der Waals surface area (Å²) in [6, 6.07) is 0. The zero-order valence-corrected chi connectivity index (χ0v) is 9.11. The lowest BCUT2D eigenvalue weighted by atomic mass is 10.3. The van der Waals surface area contributed by atoms with Gasteiger partial charge in [0.1, 0.15) is 0 Å². The minimum absolute atomic E-state index is 0.164. The van der Waals surface area contributed by atoms with Crippen LogP contribution in [0, 0.1) is 0 Å². The highest BCUT2D eigenvalue weighted by atomic mass is 16.5. The van der Waals surface area contributed by atoms with Gasteiger partial charge in [0, 0.05) is 19.6 Å². The van der Waals surface area contributed by atoms with Crippen molar-refractivity contribution in [1.29, 1.82) is 0 Å². The molecule has 0 aliphatic rings. The van der Waals surface area contributed by atoms with Gasteiger partial charge in [-0.25, -0.2) is 0 Å². The first-order chi connectivity index (χ1) is 7.27. The molecule has 15 heavy (non-hydrogen) atoms. The predicted octanol–water partition coefficient (Wildman–Crippen LogP) is 0.623. The number of carboxylic acid groups (broad SMARTS) is 1. The number of rotatable bonds is 11. The summed E-state index contributed by atoms with van der Waals surface area (Å²) in [5.41, 5.74) is 5.32. The molecule has 0 aromatic carbocycles. The molecule has 0 aliphatic heterocycles. The summed E-state index contributed by atoms with van der Waals surface area (Å²) in [7, 11) is 0. The molecule has 0 aliphatic carbocycles. The van der Waals surface area contributed by atoms with Crippen LogP contribution in [0.25, 0.3) is 0 Å². The molecule has 0 unspecified atom stereocenters. The van der Waals surface area contributed by atoms with E-state index in [2.05, 4.69) is 0 Å². The quantitative estimate of drug-likeness (QED) is 0.498. The fourth-order valence-electron chi connectivity index (χ4n) is 0.996. The average molecular weight is 219 g/mol. The highest BCUT2D eigenvalue weighted by molar-refractivity contribution is 5.66. The second-order valence-corrected chi connectivity index (χ2v) is 3.22. The molecule has 0 atom stereocenters. The Labute approximate surface area is 90.5 Å². The number of unbranched alkanes of at least 4 members (excludes halogenated alkanes) is 1. The highest BCUT2D eigenvalue weighted by Gasteiger charge is 1.96. The number of carbonyl (C=O) groups is 1. The van der Waals surface area contributed by atoms with E-state index < -0.39 is 5.97 Å². The zero-order valence-electron chi connectivity index (χ0n) is 9.11. The molecule has 5 heteroatoms. The van der Waals surface area contributed by atoms with Gasteiger partial charge in [-0.2, -0.15) is 0 Å². The Morgan fingerprint density at radius 3 is 2.13 bits per heavy atom. The summed E-state index contributed by atoms with van der Waals surface area (Å²) in [6.45, 7) is 3.00. The molecule has 0 aromatic rings. The van der Waals surface area contributed by atoms with Crippen molar-refractivity contribution in [2.45, 2.75) is 25.7 Å². The van der Waals surface area contributed by atoms with Gasteiger partial charge in [0.05, 0.1) is 13.2 Å². The van der Waals surface area contributed by atoms with Crippen molar-refractivity contribution < 1.29 is 19.4 Å². The van der Waals surface area contributed by atoms with Crippen LogP contribution in [-0.4, -0.2) is 44.0 Å². The van der Waals surface area contributed by atoms with Crippen molar-refractivity contribution in [2.75, 3.05) is 33.0 Å². The molecule has 0 radical (unpaired) electrons. The van der Waals surface area contributed by atoms with Crippen molar-refractivity contribution >= 4 is 5.97 Å². The van der Waals surface area contributed by atoms with Crippen LogP contribution >= 0.6 is 0 Å². The molecule has 3 N–H and O–H groups in total. The monoisotopic (exact) mass is 219 g/mol. The van der Waals surface area contributed by atoms with E-state index in [0.717, 1.165) is 19.4 Å². The molecule has 0 rings (SSSR count). The molecule has 0 amide bonds. The van der Waals surface area contributed by atoms with Crippen LogP contribution in [0.3, 0.4) is 0 Å². The van der Waals surface area contributed by atoms with E-state index in [1.54, 1.807) is 0 Å². The molecule has 90 valence electrons. The summed E-state index contributed by atoms with van der Waals surface area (Å²) in [5, 5.41) is 8.35. The smallest absolute Gasteiger partial charge is 0.303 e. The minimum Gasteiger partial charge on any atom is -0.481 e. The van der Waals surface area contributed by atoms with Crippen molar-refractivity contribution in [3.8, 4) is 0 Å². The lowest BCUT2D eigenvalue weighted by Crippen LogP contribution is -2.08. The lowest BCUT2D eigenvalue weighted by Gasteiger charge is -2.04. The van der Waals surface area contributed by atoms with Crippen molar-refractivity contribution in [2.24, 2.45) is 5.73 Å². The predicted molar refractivity (Wildman–Crippen MR) is 56.8 cm³/mol. The van der Waals surface area contributed by atoms with Gasteiger partial charge in [-0.3, -0.25) is 4.79 Å². The second-order valence-electron chi connectivity index (χ2n) is 3.22. The molecule has 0 heterocycles. The van der Waals surface area contributed by atoms with Gasteiger partial charge in [0.15, 0.2) is 0 Å². The molecule has 5 nitrogen and oxygen atoms in total. The van der Waals surface area contributed by atoms with E-state index in [1.165, 1.54) is 0 Å². The Balaban J connectivity index is 2.89. The van der Waals surface area contributed by atoms with Gasteiger partial charge < -0.3 is 20.3 Å². The van der Waals surface area contributed by atoms with E-state index in [9.17, 15) is 4.79 Å². The van der Waals surface area contributed by atoms with E-state index >= 15 is 0 Å². The van der Waals surface area contributed by atoms with E-state index in [0.29, 0.717) is 32.8 Å². The SMILES string of the molecule is NCCCCOCCOCCCC(=O)O. The summed E-state index contributed by atoms with van der Waals surface area (Å²) < 4.78 is 10.4. The largest absolute Gasteiger partial charge is 0.481 e. The van der Waals surface area contributed by atoms with Crippen LogP contribution in [-0.2, 0) is 14.3 Å². The van der Waals surface area contributed by atoms with Crippen LogP contribution in [0.4, 0.5) is 0 Å². The van der Waals surface area contributed by atoms with Crippen molar-refractivity contribution in [3.05, 3.63) is 0 Å². The van der Waals surface area contributed by atoms with Crippen LogP contribution in [0.2, 0.25) is 0 Å². The van der Waals surface area contributed by atoms with Crippen LogP contribution < -0.4 is 5.73 Å². The molecule has 0 bridgehead atoms. The van der Waals surface area contributed by atoms with Gasteiger partial charge in [-0.05, 0) is 25.8 Å². The number of hydrogen-bond donors (Lipinski definition) is 2. The summed E-state index contributed by atoms with van der Waals surface area (Å²) in [5.74, 6) is -0.781. The molecule has 0 saturated carbocycles. The fraction of sp³-hybridized carbons (Fsp3) is 0.900. The maximum Gasteiger partial charge on any atom is 0.303 e. The summed E-state index contributed by atoms with van der Waals surface area (Å²) in [6.07, 6.45) is 2.69. The molecular formula is C10H21NO4. The van der Waals surface area contributed by atoms with Gasteiger partial charge in [-0.15, -0.1) is 0 Å². The van der Waals surface area contributed by atoms with E-state index in [1.807, 2.05) is 0 Å². The third-order valence-electron chi connectivity index (χ3n) is 1.79. The Bertz CT molecular complexity index is 152. The normalized spacial score (nSPS) is 10.5. The van der Waals surface area contributed by atoms with Gasteiger partial charge in [0.25, 0.3) is 0 Å². The van der Waals surface area contributed by atoms with Crippen molar-refractivity contribution in [3.63, 3.8) is 0 Å². The Morgan fingerprint density at radius 1 is 1.00 bits per heavy atom.